The summed E-state index contributed by atoms with van der Waals surface area (Å²) < 4.78 is 0. The molecule has 1 aromatic carbocycles. The molecule has 0 bridgehead atoms. The van der Waals surface area contributed by atoms with Crippen molar-refractivity contribution in [1.82, 2.24) is 9.97 Å². The third kappa shape index (κ3) is 1.05. The van der Waals surface area contributed by atoms with E-state index in [0.717, 1.165) is 11.0 Å². The number of benzene rings is 1. The summed E-state index contributed by atoms with van der Waals surface area (Å²) in [5, 5.41) is 0. The number of aromatic nitrogens is 2. The quantitative estimate of drug-likeness (QED) is 0.585. The molecule has 2 nitrogen and oxygen atoms in total. The Hall–Kier alpha value is -1.44. The van der Waals surface area contributed by atoms with E-state index < -0.39 is 0 Å². The maximum Gasteiger partial charge on any atom is 0.109 e. The highest BCUT2D eigenvalue weighted by molar-refractivity contribution is 5.75. The molecule has 2 aromatic rings. The molecule has 59 valence electrons. The van der Waals surface area contributed by atoms with Gasteiger partial charge in [-0.3, -0.25) is 4.98 Å². The van der Waals surface area contributed by atoms with Gasteiger partial charge in [0.1, 0.15) is 6.20 Å². The van der Waals surface area contributed by atoms with E-state index in [1.54, 1.807) is 6.20 Å². The van der Waals surface area contributed by atoms with Gasteiger partial charge in [-0.2, -0.15) is 0 Å². The summed E-state index contributed by atoms with van der Waals surface area (Å²) in [5.74, 6) is 0. The second-order valence-electron chi connectivity index (χ2n) is 2.92. The first kappa shape index (κ1) is 7.22. The molecule has 1 heterocycles. The Balaban J connectivity index is 2.84. The Morgan fingerprint density at radius 2 is 1.75 bits per heavy atom. The molecule has 1 aromatic heterocycles. The van der Waals surface area contributed by atoms with Crippen molar-refractivity contribution in [2.24, 2.45) is 0 Å². The largest absolute Gasteiger partial charge is 0.252 e. The molecule has 2 heteroatoms. The van der Waals surface area contributed by atoms with Crippen molar-refractivity contribution in [2.45, 2.75) is 13.8 Å². The molecular weight excluding hydrogens is 148 g/mol. The van der Waals surface area contributed by atoms with Crippen molar-refractivity contribution in [3.05, 3.63) is 35.7 Å². The van der Waals surface area contributed by atoms with Crippen LogP contribution in [0.15, 0.2) is 18.3 Å². The molecule has 12 heavy (non-hydrogen) atoms. The van der Waals surface area contributed by atoms with Gasteiger partial charge in [-0.25, -0.2) is 4.98 Å². The van der Waals surface area contributed by atoms with Crippen molar-refractivity contribution in [3.8, 4) is 0 Å². The Labute approximate surface area is 71.3 Å². The third-order valence-electron chi connectivity index (χ3n) is 2.04. The molecular formula is C10H9N2. The van der Waals surface area contributed by atoms with Gasteiger partial charge < -0.3 is 0 Å². The molecule has 0 unspecified atom stereocenters. The van der Waals surface area contributed by atoms with E-state index in [0.29, 0.717) is 0 Å². The van der Waals surface area contributed by atoms with Crippen LogP contribution in [0.1, 0.15) is 11.1 Å². The number of aryl methyl sites for hydroxylation is 2. The zero-order valence-electron chi connectivity index (χ0n) is 7.13. The van der Waals surface area contributed by atoms with Crippen LogP contribution in [-0.2, 0) is 0 Å². The van der Waals surface area contributed by atoms with E-state index in [9.17, 15) is 0 Å². The van der Waals surface area contributed by atoms with Crippen LogP contribution in [0.5, 0.6) is 0 Å². The van der Waals surface area contributed by atoms with Crippen LogP contribution in [-0.4, -0.2) is 9.97 Å². The number of rotatable bonds is 0. The fourth-order valence-electron chi connectivity index (χ4n) is 1.18. The average Bonchev–Trinajstić information content (AvgIpc) is 2.07. The maximum atomic E-state index is 4.17. The minimum Gasteiger partial charge on any atom is -0.252 e. The lowest BCUT2D eigenvalue weighted by Gasteiger charge is -2.00. The first-order valence-electron chi connectivity index (χ1n) is 3.87. The standard InChI is InChI=1S/C10H9N2/c1-7-5-9-10(6-8(7)2)12-4-3-11-9/h3,5-6H,1-2H3. The van der Waals surface area contributed by atoms with Crippen LogP contribution in [0.4, 0.5) is 0 Å². The fraction of sp³-hybridized carbons (Fsp3) is 0.200. The Morgan fingerprint density at radius 3 is 2.50 bits per heavy atom. The zero-order valence-corrected chi connectivity index (χ0v) is 7.13. The lowest BCUT2D eigenvalue weighted by molar-refractivity contribution is 1.25. The second-order valence-corrected chi connectivity index (χ2v) is 2.92. The van der Waals surface area contributed by atoms with E-state index in [-0.39, 0.29) is 0 Å². The van der Waals surface area contributed by atoms with Crippen LogP contribution in [0, 0.1) is 20.0 Å². The van der Waals surface area contributed by atoms with Crippen LogP contribution < -0.4 is 0 Å². The number of nitrogens with zero attached hydrogens (tertiary/aromatic N) is 2. The van der Waals surface area contributed by atoms with Crippen LogP contribution in [0.25, 0.3) is 11.0 Å². The van der Waals surface area contributed by atoms with Gasteiger partial charge >= 0.3 is 0 Å². The third-order valence-corrected chi connectivity index (χ3v) is 2.04. The van der Waals surface area contributed by atoms with Crippen molar-refractivity contribution in [2.75, 3.05) is 0 Å². The molecule has 0 amide bonds. The molecule has 0 saturated heterocycles. The lowest BCUT2D eigenvalue weighted by atomic mass is 10.1. The topological polar surface area (TPSA) is 25.8 Å². The maximum absolute atomic E-state index is 4.17. The molecule has 0 fully saturated rings. The average molecular weight is 157 g/mol. The summed E-state index contributed by atoms with van der Waals surface area (Å²) >= 11 is 0. The Morgan fingerprint density at radius 1 is 1.08 bits per heavy atom. The molecule has 0 aliphatic heterocycles. The molecule has 0 N–H and O–H groups in total. The minimum absolute atomic E-state index is 0.917. The summed E-state index contributed by atoms with van der Waals surface area (Å²) in [6.07, 6.45) is 4.32. The molecule has 0 spiro atoms. The highest BCUT2D eigenvalue weighted by Crippen LogP contribution is 2.14. The highest BCUT2D eigenvalue weighted by Gasteiger charge is 1.97. The van der Waals surface area contributed by atoms with Gasteiger partial charge in [0.05, 0.1) is 17.2 Å². The van der Waals surface area contributed by atoms with Gasteiger partial charge in [0.15, 0.2) is 0 Å². The van der Waals surface area contributed by atoms with Gasteiger partial charge in [0, 0.05) is 0 Å². The number of fused-ring (bicyclic) bond motifs is 1. The summed E-state index contributed by atoms with van der Waals surface area (Å²) in [6, 6.07) is 4.08. The molecule has 0 saturated carbocycles. The minimum atomic E-state index is 0.917. The van der Waals surface area contributed by atoms with E-state index in [1.807, 2.05) is 12.1 Å². The fourth-order valence-corrected chi connectivity index (χ4v) is 1.18. The van der Waals surface area contributed by atoms with Crippen molar-refractivity contribution in [3.63, 3.8) is 0 Å². The van der Waals surface area contributed by atoms with E-state index in [2.05, 4.69) is 30.0 Å². The molecule has 1 radical (unpaired) electrons. The van der Waals surface area contributed by atoms with Gasteiger partial charge in [-0.15, -0.1) is 0 Å². The van der Waals surface area contributed by atoms with Crippen LogP contribution >= 0.6 is 0 Å². The van der Waals surface area contributed by atoms with Crippen LogP contribution in [0.2, 0.25) is 0 Å². The first-order valence-corrected chi connectivity index (χ1v) is 3.87. The van der Waals surface area contributed by atoms with Crippen molar-refractivity contribution in [1.29, 1.82) is 0 Å². The highest BCUT2D eigenvalue weighted by atomic mass is 14.8. The molecule has 0 atom stereocenters. The molecule has 2 rings (SSSR count). The number of hydrogen-bond acceptors (Lipinski definition) is 2. The molecule has 0 aliphatic carbocycles. The summed E-state index contributed by atoms with van der Waals surface area (Å²) in [6.45, 7) is 4.15. The van der Waals surface area contributed by atoms with Crippen LogP contribution in [0.3, 0.4) is 0 Å². The smallest absolute Gasteiger partial charge is 0.109 e. The summed E-state index contributed by atoms with van der Waals surface area (Å²) in [4.78, 5) is 8.26. The van der Waals surface area contributed by atoms with E-state index in [4.69, 9.17) is 0 Å². The monoisotopic (exact) mass is 157 g/mol. The van der Waals surface area contributed by atoms with Gasteiger partial charge in [0.25, 0.3) is 0 Å². The SMILES string of the molecule is Cc1cc2n[c]cnc2cc1C. The number of hydrogen-bond donors (Lipinski definition) is 0. The molecule has 0 aliphatic rings. The van der Waals surface area contributed by atoms with E-state index in [1.165, 1.54) is 11.1 Å². The van der Waals surface area contributed by atoms with Crippen molar-refractivity contribution < 1.29 is 0 Å². The summed E-state index contributed by atoms with van der Waals surface area (Å²) in [5.41, 5.74) is 4.36. The van der Waals surface area contributed by atoms with Gasteiger partial charge in [-0.05, 0) is 37.1 Å². The predicted octanol–water partition coefficient (Wildman–Crippen LogP) is 2.05. The van der Waals surface area contributed by atoms with Gasteiger partial charge in [0.2, 0.25) is 0 Å². The zero-order chi connectivity index (χ0) is 8.55. The van der Waals surface area contributed by atoms with E-state index >= 15 is 0 Å². The normalized spacial score (nSPS) is 10.5. The van der Waals surface area contributed by atoms with Crippen molar-refractivity contribution >= 4 is 11.0 Å². The summed E-state index contributed by atoms with van der Waals surface area (Å²) in [7, 11) is 0. The predicted molar refractivity (Wildman–Crippen MR) is 47.8 cm³/mol. The Bertz CT molecular complexity index is 381. The van der Waals surface area contributed by atoms with Gasteiger partial charge in [-0.1, -0.05) is 0 Å². The second kappa shape index (κ2) is 2.55. The lowest BCUT2D eigenvalue weighted by Crippen LogP contribution is -1.86. The first-order chi connectivity index (χ1) is 5.77. The Kier molecular flexibility index (Phi) is 1.54.